The van der Waals surface area contributed by atoms with Crippen LogP contribution in [0.2, 0.25) is 0 Å². The van der Waals surface area contributed by atoms with Gasteiger partial charge in [0.2, 0.25) is 5.91 Å². The van der Waals surface area contributed by atoms with Crippen LogP contribution in [0.3, 0.4) is 0 Å². The molecule has 3 rings (SSSR count). The number of nitrogens with one attached hydrogen (secondary N) is 1. The third-order valence-corrected chi connectivity index (χ3v) is 5.88. The second kappa shape index (κ2) is 10.6. The van der Waals surface area contributed by atoms with Crippen molar-refractivity contribution in [3.05, 3.63) is 53.1 Å². The van der Waals surface area contributed by atoms with E-state index in [2.05, 4.69) is 5.32 Å². The Hall–Kier alpha value is -2.67. The van der Waals surface area contributed by atoms with Crippen LogP contribution in [0.25, 0.3) is 5.69 Å². The summed E-state index contributed by atoms with van der Waals surface area (Å²) in [5.74, 6) is -0.397. The molecular formula is C24H32FN3O3. The first-order valence-electron chi connectivity index (χ1n) is 11.0. The number of hydrogen-bond donors (Lipinski definition) is 1. The fourth-order valence-electron chi connectivity index (χ4n) is 4.17. The van der Waals surface area contributed by atoms with Gasteiger partial charge < -0.3 is 19.5 Å². The minimum atomic E-state index is -0.323. The van der Waals surface area contributed by atoms with Crippen LogP contribution in [0.5, 0.6) is 0 Å². The third-order valence-electron chi connectivity index (χ3n) is 5.88. The first-order valence-corrected chi connectivity index (χ1v) is 11.0. The molecule has 2 aromatic rings. The minimum absolute atomic E-state index is 0.0568. The molecule has 1 saturated heterocycles. The summed E-state index contributed by atoms with van der Waals surface area (Å²) in [6, 6.07) is 8.38. The lowest BCUT2D eigenvalue weighted by molar-refractivity contribution is -0.126. The zero-order valence-electron chi connectivity index (χ0n) is 18.6. The standard InChI is InChI=1S/C24H32FN3O3/c1-4-31-15-7-12-26-23(29)19-10-13-27(14-11-19)24(30)20-16-17(2)28(18(20)3)22-9-6-5-8-21(22)25/h5-6,8-9,16,19H,4,7,10-15H2,1-3H3,(H,26,29). The molecule has 1 aliphatic rings. The number of carbonyl (C=O) groups excluding carboxylic acids is 2. The van der Waals surface area contributed by atoms with Gasteiger partial charge in [-0.05, 0) is 58.2 Å². The zero-order valence-corrected chi connectivity index (χ0v) is 18.6. The van der Waals surface area contributed by atoms with E-state index in [1.165, 1.54) is 6.07 Å². The van der Waals surface area contributed by atoms with E-state index >= 15 is 0 Å². The van der Waals surface area contributed by atoms with Gasteiger partial charge in [-0.25, -0.2) is 4.39 Å². The van der Waals surface area contributed by atoms with E-state index in [9.17, 15) is 14.0 Å². The van der Waals surface area contributed by atoms with Crippen molar-refractivity contribution in [1.29, 1.82) is 0 Å². The molecule has 0 aliphatic carbocycles. The van der Waals surface area contributed by atoms with Gasteiger partial charge in [0.25, 0.3) is 5.91 Å². The van der Waals surface area contributed by atoms with Crippen molar-refractivity contribution in [3.63, 3.8) is 0 Å². The Morgan fingerprint density at radius 2 is 1.90 bits per heavy atom. The molecule has 168 valence electrons. The maximum absolute atomic E-state index is 14.3. The van der Waals surface area contributed by atoms with Crippen molar-refractivity contribution in [1.82, 2.24) is 14.8 Å². The van der Waals surface area contributed by atoms with Gasteiger partial charge in [-0.15, -0.1) is 0 Å². The average molecular weight is 430 g/mol. The number of ether oxygens (including phenoxy) is 1. The molecule has 1 aromatic carbocycles. The Kier molecular flexibility index (Phi) is 7.85. The number of benzene rings is 1. The molecule has 7 heteroatoms. The molecule has 0 saturated carbocycles. The number of amides is 2. The van der Waals surface area contributed by atoms with Gasteiger partial charge in [-0.3, -0.25) is 9.59 Å². The second-order valence-corrected chi connectivity index (χ2v) is 7.98. The molecule has 1 N–H and O–H groups in total. The third kappa shape index (κ3) is 5.34. The molecule has 0 radical (unpaired) electrons. The highest BCUT2D eigenvalue weighted by molar-refractivity contribution is 5.96. The Balaban J connectivity index is 1.60. The van der Waals surface area contributed by atoms with E-state index in [0.717, 1.165) is 17.8 Å². The summed E-state index contributed by atoms with van der Waals surface area (Å²) in [7, 11) is 0. The first-order chi connectivity index (χ1) is 14.9. The minimum Gasteiger partial charge on any atom is -0.382 e. The van der Waals surface area contributed by atoms with Crippen LogP contribution in [0.4, 0.5) is 4.39 Å². The predicted octanol–water partition coefficient (Wildman–Crippen LogP) is 3.63. The van der Waals surface area contributed by atoms with Crippen LogP contribution >= 0.6 is 0 Å². The summed E-state index contributed by atoms with van der Waals surface area (Å²) in [6.07, 6.45) is 2.10. The van der Waals surface area contributed by atoms with Crippen LogP contribution in [0.1, 0.15) is 47.9 Å². The number of aryl methyl sites for hydroxylation is 1. The van der Waals surface area contributed by atoms with Crippen molar-refractivity contribution in [2.75, 3.05) is 32.8 Å². The number of likely N-dealkylation sites (tertiary alicyclic amines) is 1. The number of carbonyl (C=O) groups is 2. The van der Waals surface area contributed by atoms with Gasteiger partial charge in [-0.1, -0.05) is 12.1 Å². The molecule has 2 heterocycles. The molecular weight excluding hydrogens is 397 g/mol. The summed E-state index contributed by atoms with van der Waals surface area (Å²) in [5, 5.41) is 2.97. The number of hydrogen-bond acceptors (Lipinski definition) is 3. The lowest BCUT2D eigenvalue weighted by atomic mass is 9.95. The van der Waals surface area contributed by atoms with Gasteiger partial charge in [0.15, 0.2) is 0 Å². The van der Waals surface area contributed by atoms with Gasteiger partial charge in [-0.2, -0.15) is 0 Å². The summed E-state index contributed by atoms with van der Waals surface area (Å²) in [4.78, 5) is 27.3. The molecule has 31 heavy (non-hydrogen) atoms. The summed E-state index contributed by atoms with van der Waals surface area (Å²) in [6.45, 7) is 8.69. The van der Waals surface area contributed by atoms with Gasteiger partial charge in [0, 0.05) is 50.2 Å². The normalized spacial score (nSPS) is 14.6. The topological polar surface area (TPSA) is 63.6 Å². The number of rotatable bonds is 8. The monoisotopic (exact) mass is 429 g/mol. The van der Waals surface area contributed by atoms with Crippen molar-refractivity contribution < 1.29 is 18.7 Å². The van der Waals surface area contributed by atoms with Crippen LogP contribution in [-0.4, -0.2) is 54.1 Å². The molecule has 1 aromatic heterocycles. The number of nitrogens with zero attached hydrogens (tertiary/aromatic N) is 2. The number of para-hydroxylation sites is 1. The molecule has 0 spiro atoms. The van der Waals surface area contributed by atoms with E-state index in [1.807, 2.05) is 26.8 Å². The van der Waals surface area contributed by atoms with Crippen LogP contribution in [0.15, 0.2) is 30.3 Å². The van der Waals surface area contributed by atoms with Crippen LogP contribution < -0.4 is 5.32 Å². The van der Waals surface area contributed by atoms with Crippen molar-refractivity contribution >= 4 is 11.8 Å². The van der Waals surface area contributed by atoms with E-state index in [1.54, 1.807) is 27.7 Å². The van der Waals surface area contributed by atoms with Crippen molar-refractivity contribution in [2.24, 2.45) is 5.92 Å². The lowest BCUT2D eigenvalue weighted by Crippen LogP contribution is -2.43. The first kappa shape index (κ1) is 23.0. The fraction of sp³-hybridized carbons (Fsp3) is 0.500. The van der Waals surface area contributed by atoms with E-state index in [0.29, 0.717) is 56.9 Å². The zero-order chi connectivity index (χ0) is 22.4. The van der Waals surface area contributed by atoms with Gasteiger partial charge in [0.05, 0.1) is 11.3 Å². The molecule has 0 bridgehead atoms. The lowest BCUT2D eigenvalue weighted by Gasteiger charge is -2.31. The molecule has 2 amide bonds. The average Bonchev–Trinajstić information content (AvgIpc) is 3.07. The van der Waals surface area contributed by atoms with Gasteiger partial charge in [0.1, 0.15) is 5.82 Å². The smallest absolute Gasteiger partial charge is 0.255 e. The number of halogens is 1. The molecule has 0 unspecified atom stereocenters. The van der Waals surface area contributed by atoms with Crippen molar-refractivity contribution in [2.45, 2.75) is 40.0 Å². The van der Waals surface area contributed by atoms with Crippen LogP contribution in [0, 0.1) is 25.6 Å². The molecule has 1 fully saturated rings. The van der Waals surface area contributed by atoms with E-state index in [4.69, 9.17) is 4.74 Å². The second-order valence-electron chi connectivity index (χ2n) is 7.98. The van der Waals surface area contributed by atoms with Gasteiger partial charge >= 0.3 is 0 Å². The quantitative estimate of drug-likeness (QED) is 0.652. The number of piperidine rings is 1. The van der Waals surface area contributed by atoms with Crippen molar-refractivity contribution in [3.8, 4) is 5.69 Å². The maximum atomic E-state index is 14.3. The summed E-state index contributed by atoms with van der Waals surface area (Å²) < 4.78 is 21.4. The summed E-state index contributed by atoms with van der Waals surface area (Å²) in [5.41, 5.74) is 2.56. The van der Waals surface area contributed by atoms with E-state index < -0.39 is 0 Å². The Bertz CT molecular complexity index is 917. The highest BCUT2D eigenvalue weighted by Gasteiger charge is 2.29. The van der Waals surface area contributed by atoms with Crippen LogP contribution in [-0.2, 0) is 9.53 Å². The largest absolute Gasteiger partial charge is 0.382 e. The predicted molar refractivity (Wildman–Crippen MR) is 118 cm³/mol. The Morgan fingerprint density at radius 3 is 2.58 bits per heavy atom. The SMILES string of the molecule is CCOCCCNC(=O)C1CCN(C(=O)c2cc(C)n(-c3ccccc3F)c2C)CC1. The highest BCUT2D eigenvalue weighted by atomic mass is 19.1. The highest BCUT2D eigenvalue weighted by Crippen LogP contribution is 2.26. The Labute approximate surface area is 183 Å². The number of aromatic nitrogens is 1. The molecule has 6 nitrogen and oxygen atoms in total. The Morgan fingerprint density at radius 1 is 1.19 bits per heavy atom. The van der Waals surface area contributed by atoms with E-state index in [-0.39, 0.29) is 23.5 Å². The fourth-order valence-corrected chi connectivity index (χ4v) is 4.17. The molecule has 1 aliphatic heterocycles. The maximum Gasteiger partial charge on any atom is 0.255 e. The molecule has 0 atom stereocenters. The summed E-state index contributed by atoms with van der Waals surface area (Å²) >= 11 is 0.